The molecule has 7 nitrogen and oxygen atoms in total. The van der Waals surface area contributed by atoms with Crippen LogP contribution in [0.2, 0.25) is 0 Å². The summed E-state index contributed by atoms with van der Waals surface area (Å²) in [4.78, 5) is 31.4. The second-order valence-corrected chi connectivity index (χ2v) is 6.76. The number of amides is 2. The molecule has 0 spiro atoms. The second kappa shape index (κ2) is 6.72. The zero-order valence-corrected chi connectivity index (χ0v) is 13.4. The molecular formula is C14H20N4O3S. The van der Waals surface area contributed by atoms with Gasteiger partial charge in [-0.15, -0.1) is 11.3 Å². The molecule has 0 saturated carbocycles. The van der Waals surface area contributed by atoms with Crippen molar-refractivity contribution in [2.45, 2.75) is 31.9 Å². The number of hydrogen-bond donors (Lipinski definition) is 2. The smallest absolute Gasteiger partial charge is 0.315 e. The molecule has 1 saturated heterocycles. The zero-order valence-electron chi connectivity index (χ0n) is 12.6. The Morgan fingerprint density at radius 3 is 3.09 bits per heavy atom. The Hall–Kier alpha value is -1.51. The van der Waals surface area contributed by atoms with Crippen LogP contribution in [0.3, 0.4) is 0 Å². The summed E-state index contributed by atoms with van der Waals surface area (Å²) in [6.45, 7) is 2.91. The number of rotatable bonds is 3. The highest BCUT2D eigenvalue weighted by atomic mass is 32.1. The Morgan fingerprint density at radius 2 is 2.32 bits per heavy atom. The Kier molecular flexibility index (Phi) is 4.70. The van der Waals surface area contributed by atoms with Gasteiger partial charge in [0.15, 0.2) is 5.13 Å². The maximum absolute atomic E-state index is 11.9. The molecule has 0 radical (unpaired) electrons. The lowest BCUT2D eigenvalue weighted by Gasteiger charge is -2.20. The highest BCUT2D eigenvalue weighted by Gasteiger charge is 2.22. The first-order chi connectivity index (χ1) is 10.6. The van der Waals surface area contributed by atoms with E-state index in [-0.39, 0.29) is 6.10 Å². The molecule has 2 aliphatic rings. The van der Waals surface area contributed by atoms with Crippen molar-refractivity contribution in [2.75, 3.05) is 32.1 Å². The van der Waals surface area contributed by atoms with E-state index >= 15 is 0 Å². The quantitative estimate of drug-likeness (QED) is 0.785. The van der Waals surface area contributed by atoms with Crippen LogP contribution in [-0.2, 0) is 27.3 Å². The molecule has 2 aliphatic heterocycles. The monoisotopic (exact) mass is 324 g/mol. The van der Waals surface area contributed by atoms with Gasteiger partial charge in [0, 0.05) is 37.5 Å². The van der Waals surface area contributed by atoms with Gasteiger partial charge in [-0.05, 0) is 19.9 Å². The first-order valence-electron chi connectivity index (χ1n) is 7.49. The van der Waals surface area contributed by atoms with Gasteiger partial charge in [-0.2, -0.15) is 0 Å². The Morgan fingerprint density at radius 1 is 1.45 bits per heavy atom. The molecular weight excluding hydrogens is 304 g/mol. The number of aromatic nitrogens is 1. The van der Waals surface area contributed by atoms with Gasteiger partial charge in [-0.25, -0.2) is 4.98 Å². The minimum Gasteiger partial charge on any atom is -0.376 e. The molecule has 2 amide bonds. The predicted octanol–water partition coefficient (Wildman–Crippen LogP) is 0.365. The SMILES string of the molecule is CN1CCc2nc(NC(=O)C(=O)NCC3CCCO3)sc2C1. The lowest BCUT2D eigenvalue weighted by Crippen LogP contribution is -2.39. The van der Waals surface area contributed by atoms with Gasteiger partial charge in [-0.1, -0.05) is 0 Å². The number of ether oxygens (including phenoxy) is 1. The lowest BCUT2D eigenvalue weighted by molar-refractivity contribution is -0.136. The number of carbonyl (C=O) groups excluding carboxylic acids is 2. The van der Waals surface area contributed by atoms with Crippen molar-refractivity contribution in [3.8, 4) is 0 Å². The van der Waals surface area contributed by atoms with E-state index in [4.69, 9.17) is 4.74 Å². The molecule has 1 fully saturated rings. The molecule has 3 heterocycles. The van der Waals surface area contributed by atoms with E-state index in [2.05, 4.69) is 27.6 Å². The molecule has 120 valence electrons. The second-order valence-electron chi connectivity index (χ2n) is 5.68. The first-order valence-corrected chi connectivity index (χ1v) is 8.31. The van der Waals surface area contributed by atoms with Crippen LogP contribution in [-0.4, -0.2) is 54.5 Å². The van der Waals surface area contributed by atoms with Crippen molar-refractivity contribution in [2.24, 2.45) is 0 Å². The van der Waals surface area contributed by atoms with Crippen molar-refractivity contribution in [1.82, 2.24) is 15.2 Å². The summed E-state index contributed by atoms with van der Waals surface area (Å²) in [6, 6.07) is 0. The van der Waals surface area contributed by atoms with Crippen LogP contribution in [0, 0.1) is 0 Å². The van der Waals surface area contributed by atoms with Crippen LogP contribution >= 0.6 is 11.3 Å². The van der Waals surface area contributed by atoms with Gasteiger partial charge in [0.05, 0.1) is 11.8 Å². The number of anilines is 1. The summed E-state index contributed by atoms with van der Waals surface area (Å²) >= 11 is 1.44. The van der Waals surface area contributed by atoms with E-state index in [0.717, 1.165) is 49.5 Å². The summed E-state index contributed by atoms with van der Waals surface area (Å²) in [6.07, 6.45) is 2.84. The molecule has 1 aromatic heterocycles. The number of thiazole rings is 1. The van der Waals surface area contributed by atoms with Crippen molar-refractivity contribution < 1.29 is 14.3 Å². The van der Waals surface area contributed by atoms with Crippen LogP contribution in [0.15, 0.2) is 0 Å². The van der Waals surface area contributed by atoms with E-state index < -0.39 is 11.8 Å². The third kappa shape index (κ3) is 3.63. The fraction of sp³-hybridized carbons (Fsp3) is 0.643. The summed E-state index contributed by atoms with van der Waals surface area (Å²) in [5.41, 5.74) is 1.03. The largest absolute Gasteiger partial charge is 0.376 e. The maximum Gasteiger partial charge on any atom is 0.315 e. The summed E-state index contributed by atoms with van der Waals surface area (Å²) in [5.74, 6) is -1.31. The van der Waals surface area contributed by atoms with E-state index in [9.17, 15) is 9.59 Å². The van der Waals surface area contributed by atoms with Gasteiger partial charge < -0.3 is 15.0 Å². The first kappa shape index (κ1) is 15.4. The number of fused-ring (bicyclic) bond motifs is 1. The fourth-order valence-corrected chi connectivity index (χ4v) is 3.71. The highest BCUT2D eigenvalue weighted by Crippen LogP contribution is 2.27. The molecule has 2 N–H and O–H groups in total. The third-order valence-corrected chi connectivity index (χ3v) is 4.86. The van der Waals surface area contributed by atoms with E-state index in [0.29, 0.717) is 11.7 Å². The van der Waals surface area contributed by atoms with Gasteiger partial charge in [0.25, 0.3) is 0 Å². The summed E-state index contributed by atoms with van der Waals surface area (Å²) in [7, 11) is 2.06. The zero-order chi connectivity index (χ0) is 15.5. The minimum absolute atomic E-state index is 0.0273. The van der Waals surface area contributed by atoms with Crippen molar-refractivity contribution in [1.29, 1.82) is 0 Å². The number of nitrogens with one attached hydrogen (secondary N) is 2. The number of likely N-dealkylation sites (N-methyl/N-ethyl adjacent to an activating group) is 1. The van der Waals surface area contributed by atoms with Crippen LogP contribution in [0.25, 0.3) is 0 Å². The standard InChI is InChI=1S/C14H20N4O3S/c1-18-5-4-10-11(8-18)22-14(16-10)17-13(20)12(19)15-7-9-3-2-6-21-9/h9H,2-8H2,1H3,(H,15,19)(H,16,17,20). The molecule has 0 aromatic carbocycles. The van der Waals surface area contributed by atoms with Crippen LogP contribution in [0.1, 0.15) is 23.4 Å². The van der Waals surface area contributed by atoms with Crippen LogP contribution in [0.5, 0.6) is 0 Å². The van der Waals surface area contributed by atoms with Crippen LogP contribution < -0.4 is 10.6 Å². The van der Waals surface area contributed by atoms with Crippen molar-refractivity contribution >= 4 is 28.3 Å². The molecule has 22 heavy (non-hydrogen) atoms. The number of nitrogens with zero attached hydrogens (tertiary/aromatic N) is 2. The Labute approximate surface area is 133 Å². The Balaban J connectivity index is 1.51. The van der Waals surface area contributed by atoms with Gasteiger partial charge in [0.2, 0.25) is 0 Å². The number of hydrogen-bond acceptors (Lipinski definition) is 6. The van der Waals surface area contributed by atoms with E-state index in [1.807, 2.05) is 0 Å². The summed E-state index contributed by atoms with van der Waals surface area (Å²) < 4.78 is 5.41. The molecule has 8 heteroatoms. The third-order valence-electron chi connectivity index (χ3n) is 3.86. The molecule has 1 atom stereocenters. The lowest BCUT2D eigenvalue weighted by atomic mass is 10.2. The fourth-order valence-electron chi connectivity index (χ4n) is 2.62. The highest BCUT2D eigenvalue weighted by molar-refractivity contribution is 7.16. The maximum atomic E-state index is 11.9. The molecule has 0 bridgehead atoms. The topological polar surface area (TPSA) is 83.6 Å². The normalized spacial score (nSPS) is 21.4. The molecule has 3 rings (SSSR count). The average Bonchev–Trinajstić information content (AvgIpc) is 3.12. The van der Waals surface area contributed by atoms with Crippen LogP contribution in [0.4, 0.5) is 5.13 Å². The van der Waals surface area contributed by atoms with Gasteiger partial charge >= 0.3 is 11.8 Å². The minimum atomic E-state index is -0.669. The summed E-state index contributed by atoms with van der Waals surface area (Å²) in [5, 5.41) is 5.69. The van der Waals surface area contributed by atoms with E-state index in [1.165, 1.54) is 11.3 Å². The molecule has 1 aromatic rings. The van der Waals surface area contributed by atoms with Gasteiger partial charge in [-0.3, -0.25) is 14.9 Å². The van der Waals surface area contributed by atoms with Crippen molar-refractivity contribution in [3.05, 3.63) is 10.6 Å². The number of carbonyl (C=O) groups is 2. The van der Waals surface area contributed by atoms with Crippen molar-refractivity contribution in [3.63, 3.8) is 0 Å². The van der Waals surface area contributed by atoms with E-state index in [1.54, 1.807) is 0 Å². The molecule has 1 unspecified atom stereocenters. The molecule has 0 aliphatic carbocycles. The predicted molar refractivity (Wildman–Crippen MR) is 82.8 cm³/mol. The van der Waals surface area contributed by atoms with Gasteiger partial charge in [0.1, 0.15) is 0 Å². The Bertz CT molecular complexity index is 568. The average molecular weight is 324 g/mol.